The van der Waals surface area contributed by atoms with Gasteiger partial charge in [-0.3, -0.25) is 4.79 Å². The number of carbonyl (C=O) groups is 1. The maximum Gasteiger partial charge on any atom is 0.309 e. The van der Waals surface area contributed by atoms with E-state index >= 15 is 0 Å². The van der Waals surface area contributed by atoms with Gasteiger partial charge in [0.05, 0.1) is 17.7 Å². The normalized spacial score (nSPS) is 11.4. The molecule has 2 rings (SSSR count). The highest BCUT2D eigenvalue weighted by Crippen LogP contribution is 2.30. The van der Waals surface area contributed by atoms with Gasteiger partial charge in [0.15, 0.2) is 11.5 Å². The van der Waals surface area contributed by atoms with Crippen LogP contribution in [0.25, 0.3) is 0 Å². The summed E-state index contributed by atoms with van der Waals surface area (Å²) >= 11 is 1.39. The van der Waals surface area contributed by atoms with Gasteiger partial charge in [0.1, 0.15) is 0 Å². The number of amides is 1. The van der Waals surface area contributed by atoms with E-state index in [4.69, 9.17) is 8.92 Å². The third-order valence-electron chi connectivity index (χ3n) is 3.77. The number of rotatable bonds is 8. The Labute approximate surface area is 158 Å². The van der Waals surface area contributed by atoms with Gasteiger partial charge in [0.25, 0.3) is 5.91 Å². The molecule has 0 saturated carbocycles. The Morgan fingerprint density at radius 1 is 1.23 bits per heavy atom. The Balaban J connectivity index is 2.30. The van der Waals surface area contributed by atoms with Crippen LogP contribution in [-0.4, -0.2) is 38.1 Å². The van der Waals surface area contributed by atoms with Crippen LogP contribution in [-0.2, 0) is 16.7 Å². The van der Waals surface area contributed by atoms with E-state index in [0.29, 0.717) is 17.2 Å². The Morgan fingerprint density at radius 2 is 1.96 bits per heavy atom. The summed E-state index contributed by atoms with van der Waals surface area (Å²) in [6.07, 6.45) is 0. The smallest absolute Gasteiger partial charge is 0.309 e. The van der Waals surface area contributed by atoms with Crippen LogP contribution in [0.4, 0.5) is 0 Å². The van der Waals surface area contributed by atoms with E-state index in [9.17, 15) is 13.2 Å². The molecule has 1 aromatic heterocycles. The number of carbonyl (C=O) groups excluding carboxylic acids is 1. The second kappa shape index (κ2) is 8.55. The molecule has 0 aliphatic rings. The number of hydrogen-bond acceptors (Lipinski definition) is 6. The predicted octanol–water partition coefficient (Wildman–Crippen LogP) is 3.54. The summed E-state index contributed by atoms with van der Waals surface area (Å²) in [5.41, 5.74) is 0.755. The third kappa shape index (κ3) is 4.98. The minimum Gasteiger partial charge on any atom is -0.493 e. The van der Waals surface area contributed by atoms with E-state index < -0.39 is 10.1 Å². The van der Waals surface area contributed by atoms with Crippen molar-refractivity contribution < 1.29 is 22.1 Å². The molecule has 0 spiro atoms. The first kappa shape index (κ1) is 20.3. The van der Waals surface area contributed by atoms with Gasteiger partial charge in [-0.15, -0.1) is 11.3 Å². The van der Waals surface area contributed by atoms with E-state index in [-0.39, 0.29) is 23.5 Å². The zero-order valence-electron chi connectivity index (χ0n) is 15.3. The Hall–Kier alpha value is -2.06. The van der Waals surface area contributed by atoms with Crippen molar-refractivity contribution in [2.75, 3.05) is 12.9 Å². The van der Waals surface area contributed by atoms with Crippen LogP contribution in [0.3, 0.4) is 0 Å². The highest BCUT2D eigenvalue weighted by Gasteiger charge is 2.21. The number of benzene rings is 1. The van der Waals surface area contributed by atoms with Gasteiger partial charge in [-0.2, -0.15) is 8.42 Å². The fourth-order valence-corrected chi connectivity index (χ4v) is 3.51. The molecule has 0 fully saturated rings. The van der Waals surface area contributed by atoms with Gasteiger partial charge in [-0.05, 0) is 49.9 Å². The van der Waals surface area contributed by atoms with Crippen molar-refractivity contribution in [3.05, 3.63) is 46.2 Å². The predicted molar refractivity (Wildman–Crippen MR) is 102 cm³/mol. The minimum absolute atomic E-state index is 0.0181. The van der Waals surface area contributed by atoms with Crippen molar-refractivity contribution in [2.24, 2.45) is 0 Å². The molecule has 0 saturated heterocycles. The number of thiophene rings is 1. The highest BCUT2D eigenvalue weighted by atomic mass is 32.2. The molecule has 0 unspecified atom stereocenters. The van der Waals surface area contributed by atoms with Gasteiger partial charge in [0.2, 0.25) is 0 Å². The molecule has 0 atom stereocenters. The summed E-state index contributed by atoms with van der Waals surface area (Å²) in [5, 5.41) is 1.86. The number of ether oxygens (including phenoxy) is 1. The number of nitrogens with zero attached hydrogens (tertiary/aromatic N) is 1. The largest absolute Gasteiger partial charge is 0.493 e. The molecule has 1 heterocycles. The van der Waals surface area contributed by atoms with Gasteiger partial charge in [0, 0.05) is 12.6 Å². The highest BCUT2D eigenvalue weighted by molar-refractivity contribution is 7.87. The van der Waals surface area contributed by atoms with Crippen molar-refractivity contribution in [2.45, 2.75) is 33.4 Å². The lowest BCUT2D eigenvalue weighted by Gasteiger charge is -2.26. The average Bonchev–Trinajstić information content (AvgIpc) is 3.13. The van der Waals surface area contributed by atoms with Crippen LogP contribution in [0.15, 0.2) is 35.7 Å². The summed E-state index contributed by atoms with van der Waals surface area (Å²) < 4.78 is 33.9. The molecule has 0 aliphatic carbocycles. The van der Waals surface area contributed by atoms with E-state index in [1.165, 1.54) is 25.4 Å². The van der Waals surface area contributed by atoms with E-state index in [1.807, 2.05) is 25.3 Å². The van der Waals surface area contributed by atoms with Gasteiger partial charge < -0.3 is 13.8 Å². The van der Waals surface area contributed by atoms with Crippen molar-refractivity contribution in [3.63, 3.8) is 0 Å². The molecule has 0 N–H and O–H groups in total. The molecule has 6 nitrogen and oxygen atoms in total. The first-order chi connectivity index (χ1) is 12.3. The fraction of sp³-hybridized carbons (Fsp3) is 0.389. The second-order valence-electron chi connectivity index (χ2n) is 5.92. The zero-order chi connectivity index (χ0) is 19.3. The second-order valence-corrected chi connectivity index (χ2v) is 8.73. The van der Waals surface area contributed by atoms with Gasteiger partial charge in [-0.1, -0.05) is 12.1 Å². The number of hydrogen-bond donors (Lipinski definition) is 0. The summed E-state index contributed by atoms with van der Waals surface area (Å²) in [6, 6.07) is 8.65. The third-order valence-corrected chi connectivity index (χ3v) is 5.77. The van der Waals surface area contributed by atoms with Crippen molar-refractivity contribution in [1.29, 1.82) is 0 Å². The summed E-state index contributed by atoms with van der Waals surface area (Å²) in [4.78, 5) is 15.1. The average molecular weight is 398 g/mol. The molecular formula is C18H23NO5S2. The maximum absolute atomic E-state index is 12.7. The lowest BCUT2D eigenvalue weighted by molar-refractivity contribution is 0.0695. The topological polar surface area (TPSA) is 72.9 Å². The van der Waals surface area contributed by atoms with Crippen LogP contribution in [0.1, 0.15) is 36.0 Å². The minimum atomic E-state index is -3.68. The van der Waals surface area contributed by atoms with Gasteiger partial charge in [-0.25, -0.2) is 0 Å². The monoisotopic (exact) mass is 397 g/mol. The van der Waals surface area contributed by atoms with Crippen molar-refractivity contribution in [3.8, 4) is 11.5 Å². The SMILES string of the molecule is CCS(=O)(=O)Oc1cc(CN(C(=O)c2cccs2)C(C)C)ccc1OC. The molecular weight excluding hydrogens is 374 g/mol. The molecule has 26 heavy (non-hydrogen) atoms. The zero-order valence-corrected chi connectivity index (χ0v) is 16.9. The van der Waals surface area contributed by atoms with Crippen molar-refractivity contribution >= 4 is 27.4 Å². The van der Waals surface area contributed by atoms with Crippen LogP contribution >= 0.6 is 11.3 Å². The standard InChI is InChI=1S/C18H23NO5S2/c1-5-26(21,22)24-16-11-14(8-9-15(16)23-4)12-19(13(2)3)18(20)17-7-6-10-25-17/h6-11,13H,5,12H2,1-4H3. The lowest BCUT2D eigenvalue weighted by atomic mass is 10.1. The molecule has 0 bridgehead atoms. The molecule has 8 heteroatoms. The van der Waals surface area contributed by atoms with E-state index in [1.54, 1.807) is 29.2 Å². The summed E-state index contributed by atoms with van der Waals surface area (Å²) in [5.74, 6) is 0.245. The first-order valence-electron chi connectivity index (χ1n) is 8.21. The fourth-order valence-electron chi connectivity index (χ4n) is 2.31. The molecule has 0 radical (unpaired) electrons. The number of methoxy groups -OCH3 is 1. The van der Waals surface area contributed by atoms with E-state index in [2.05, 4.69) is 0 Å². The van der Waals surface area contributed by atoms with Crippen LogP contribution in [0, 0.1) is 0 Å². The van der Waals surface area contributed by atoms with E-state index in [0.717, 1.165) is 5.56 Å². The molecule has 142 valence electrons. The molecule has 2 aromatic rings. The molecule has 1 aromatic carbocycles. The van der Waals surface area contributed by atoms with Crippen LogP contribution in [0.5, 0.6) is 11.5 Å². The quantitative estimate of drug-likeness (QED) is 0.637. The van der Waals surface area contributed by atoms with Crippen molar-refractivity contribution in [1.82, 2.24) is 4.90 Å². The summed E-state index contributed by atoms with van der Waals surface area (Å²) in [7, 11) is -2.23. The Bertz CT molecular complexity index is 844. The Kier molecular flexibility index (Phi) is 6.66. The molecule has 0 aliphatic heterocycles. The Morgan fingerprint density at radius 3 is 2.50 bits per heavy atom. The van der Waals surface area contributed by atoms with Crippen LogP contribution < -0.4 is 8.92 Å². The van der Waals surface area contributed by atoms with Gasteiger partial charge >= 0.3 is 10.1 Å². The first-order valence-corrected chi connectivity index (χ1v) is 10.7. The lowest BCUT2D eigenvalue weighted by Crippen LogP contribution is -2.36. The maximum atomic E-state index is 12.7. The van der Waals surface area contributed by atoms with Crippen LogP contribution in [0.2, 0.25) is 0 Å². The summed E-state index contributed by atoms with van der Waals surface area (Å²) in [6.45, 7) is 5.72. The molecule has 1 amide bonds.